The lowest BCUT2D eigenvalue weighted by molar-refractivity contribution is -0.136. The molecule has 3 nitrogen and oxygen atoms in total. The number of benzene rings is 2. The Morgan fingerprint density at radius 2 is 1.73 bits per heavy atom. The van der Waals surface area contributed by atoms with Crippen molar-refractivity contribution in [2.24, 2.45) is 0 Å². The zero-order chi connectivity index (χ0) is 16.1. The smallest absolute Gasteiger partial charge is 0.317 e. The van der Waals surface area contributed by atoms with Gasteiger partial charge in [0, 0.05) is 16.9 Å². The summed E-state index contributed by atoms with van der Waals surface area (Å²) in [7, 11) is 0. The van der Waals surface area contributed by atoms with Gasteiger partial charge in [-0.2, -0.15) is 0 Å². The topological polar surface area (TPSA) is 54.4 Å². The summed E-state index contributed by atoms with van der Waals surface area (Å²) in [6, 6.07) is 13.6. The van der Waals surface area contributed by atoms with Crippen LogP contribution < -0.4 is 0 Å². The number of carbonyl (C=O) groups excluding carboxylic acids is 1. The van der Waals surface area contributed by atoms with E-state index in [1.807, 2.05) is 30.3 Å². The van der Waals surface area contributed by atoms with Gasteiger partial charge in [0.05, 0.1) is 10.0 Å². The number of thioether (sulfide) groups is 1. The number of hydrogen-bond donors (Lipinski definition) is 1. The van der Waals surface area contributed by atoms with Crippen molar-refractivity contribution in [2.75, 3.05) is 0 Å². The van der Waals surface area contributed by atoms with Gasteiger partial charge in [-0.1, -0.05) is 41.4 Å². The normalized spacial score (nSPS) is 11.9. The van der Waals surface area contributed by atoms with E-state index in [2.05, 4.69) is 0 Å². The highest BCUT2D eigenvalue weighted by atomic mass is 35.5. The minimum atomic E-state index is -1.03. The van der Waals surface area contributed by atoms with E-state index < -0.39 is 11.2 Å². The van der Waals surface area contributed by atoms with Crippen LogP contribution in [-0.4, -0.2) is 22.1 Å². The summed E-state index contributed by atoms with van der Waals surface area (Å²) >= 11 is 12.8. The first-order chi connectivity index (χ1) is 10.5. The fraction of sp³-hybridized carbons (Fsp3) is 0.125. The van der Waals surface area contributed by atoms with Crippen molar-refractivity contribution in [3.63, 3.8) is 0 Å². The Morgan fingerprint density at radius 1 is 1.05 bits per heavy atom. The predicted molar refractivity (Wildman–Crippen MR) is 89.1 cm³/mol. The minimum Gasteiger partial charge on any atom is -0.480 e. The molecule has 6 heteroatoms. The van der Waals surface area contributed by atoms with Gasteiger partial charge in [-0.15, -0.1) is 11.8 Å². The fourth-order valence-corrected chi connectivity index (χ4v) is 3.07. The van der Waals surface area contributed by atoms with Crippen molar-refractivity contribution >= 4 is 46.7 Å². The summed E-state index contributed by atoms with van der Waals surface area (Å²) in [5, 5.41) is 9.08. The van der Waals surface area contributed by atoms with E-state index in [1.54, 1.807) is 6.07 Å². The number of carboxylic acid groups (broad SMARTS) is 1. The third-order valence-electron chi connectivity index (χ3n) is 2.91. The number of Topliss-reactive ketones (excluding diaryl/α,β-unsaturated/α-hetero) is 1. The summed E-state index contributed by atoms with van der Waals surface area (Å²) < 4.78 is 0. The summed E-state index contributed by atoms with van der Waals surface area (Å²) in [6.45, 7) is 0. The molecule has 0 amide bonds. The molecule has 22 heavy (non-hydrogen) atoms. The molecule has 2 rings (SSSR count). The largest absolute Gasteiger partial charge is 0.480 e. The molecule has 0 aliphatic heterocycles. The van der Waals surface area contributed by atoms with E-state index in [4.69, 9.17) is 23.2 Å². The Morgan fingerprint density at radius 3 is 2.32 bits per heavy atom. The van der Waals surface area contributed by atoms with Crippen LogP contribution in [0.3, 0.4) is 0 Å². The average molecular weight is 355 g/mol. The van der Waals surface area contributed by atoms with Crippen LogP contribution in [0.25, 0.3) is 0 Å². The quantitative estimate of drug-likeness (QED) is 0.597. The molecule has 0 spiro atoms. The predicted octanol–water partition coefficient (Wildman–Crippen LogP) is 4.81. The molecule has 0 fully saturated rings. The second-order valence-electron chi connectivity index (χ2n) is 4.51. The molecule has 2 aromatic carbocycles. The van der Waals surface area contributed by atoms with Crippen LogP contribution in [0, 0.1) is 0 Å². The Kier molecular flexibility index (Phi) is 5.89. The standard InChI is InChI=1S/C16H12Cl2O3S/c17-12-7-6-10(8-13(12)18)14(19)9-15(16(20)21)22-11-4-2-1-3-5-11/h1-8,15H,9H2,(H,20,21). The number of rotatable bonds is 6. The number of ketones is 1. The molecule has 0 heterocycles. The number of carboxylic acids is 1. The molecule has 0 aromatic heterocycles. The summed E-state index contributed by atoms with van der Waals surface area (Å²) in [6.07, 6.45) is -0.118. The van der Waals surface area contributed by atoms with Crippen molar-refractivity contribution in [3.05, 3.63) is 64.1 Å². The third kappa shape index (κ3) is 4.50. The average Bonchev–Trinajstić information content (AvgIpc) is 2.50. The van der Waals surface area contributed by atoms with Gasteiger partial charge in [0.25, 0.3) is 0 Å². The van der Waals surface area contributed by atoms with Gasteiger partial charge in [0.15, 0.2) is 5.78 Å². The number of aliphatic carboxylic acids is 1. The molecule has 0 aliphatic rings. The molecule has 0 saturated carbocycles. The van der Waals surface area contributed by atoms with Gasteiger partial charge < -0.3 is 5.11 Å². The Bertz CT molecular complexity index is 689. The van der Waals surface area contributed by atoms with Gasteiger partial charge in [-0.05, 0) is 30.3 Å². The lowest BCUT2D eigenvalue weighted by Crippen LogP contribution is -2.20. The molecule has 0 aliphatic carbocycles. The van der Waals surface area contributed by atoms with Crippen LogP contribution >= 0.6 is 35.0 Å². The zero-order valence-corrected chi connectivity index (χ0v) is 13.7. The molecular formula is C16H12Cl2O3S. The molecular weight excluding hydrogens is 343 g/mol. The third-order valence-corrected chi connectivity index (χ3v) is 4.85. The van der Waals surface area contributed by atoms with Gasteiger partial charge in [0.2, 0.25) is 0 Å². The highest BCUT2D eigenvalue weighted by Gasteiger charge is 2.23. The highest BCUT2D eigenvalue weighted by molar-refractivity contribution is 8.00. The van der Waals surface area contributed by atoms with Crippen LogP contribution in [0.2, 0.25) is 10.0 Å². The van der Waals surface area contributed by atoms with Crippen molar-refractivity contribution in [1.82, 2.24) is 0 Å². The SMILES string of the molecule is O=C(CC(Sc1ccccc1)C(=O)O)c1ccc(Cl)c(Cl)c1. The van der Waals surface area contributed by atoms with E-state index in [9.17, 15) is 14.7 Å². The summed E-state index contributed by atoms with van der Waals surface area (Å²) in [5.74, 6) is -1.31. The zero-order valence-electron chi connectivity index (χ0n) is 11.3. The van der Waals surface area contributed by atoms with E-state index in [0.717, 1.165) is 16.7 Å². The monoisotopic (exact) mass is 354 g/mol. The van der Waals surface area contributed by atoms with Gasteiger partial charge in [-0.3, -0.25) is 9.59 Å². The first kappa shape index (κ1) is 16.9. The molecule has 2 aromatic rings. The lowest BCUT2D eigenvalue weighted by atomic mass is 10.1. The van der Waals surface area contributed by atoms with Crippen molar-refractivity contribution in [3.8, 4) is 0 Å². The van der Waals surface area contributed by atoms with E-state index in [-0.39, 0.29) is 17.2 Å². The van der Waals surface area contributed by atoms with Crippen LogP contribution in [0.5, 0.6) is 0 Å². The summed E-state index contributed by atoms with van der Waals surface area (Å²) in [4.78, 5) is 24.4. The van der Waals surface area contributed by atoms with Gasteiger partial charge in [0.1, 0.15) is 5.25 Å². The molecule has 0 bridgehead atoms. The molecule has 1 N–H and O–H groups in total. The minimum absolute atomic E-state index is 0.118. The number of halogens is 2. The van der Waals surface area contributed by atoms with Crippen molar-refractivity contribution < 1.29 is 14.7 Å². The van der Waals surface area contributed by atoms with E-state index >= 15 is 0 Å². The first-order valence-electron chi connectivity index (χ1n) is 6.40. The molecule has 114 valence electrons. The van der Waals surface area contributed by atoms with Crippen LogP contribution in [0.15, 0.2) is 53.4 Å². The van der Waals surface area contributed by atoms with Crippen molar-refractivity contribution in [1.29, 1.82) is 0 Å². The van der Waals surface area contributed by atoms with Crippen LogP contribution in [0.1, 0.15) is 16.8 Å². The second kappa shape index (κ2) is 7.68. The fourth-order valence-electron chi connectivity index (χ4n) is 1.80. The maximum atomic E-state index is 12.2. The lowest BCUT2D eigenvalue weighted by Gasteiger charge is -2.11. The first-order valence-corrected chi connectivity index (χ1v) is 8.03. The Hall–Kier alpha value is -1.49. The molecule has 1 atom stereocenters. The van der Waals surface area contributed by atoms with Crippen molar-refractivity contribution in [2.45, 2.75) is 16.6 Å². The Balaban J connectivity index is 2.12. The number of carbonyl (C=O) groups is 2. The van der Waals surface area contributed by atoms with Crippen LogP contribution in [0.4, 0.5) is 0 Å². The summed E-state index contributed by atoms with van der Waals surface area (Å²) in [5.41, 5.74) is 0.356. The maximum absolute atomic E-state index is 12.2. The highest BCUT2D eigenvalue weighted by Crippen LogP contribution is 2.28. The van der Waals surface area contributed by atoms with E-state index in [1.165, 1.54) is 12.1 Å². The molecule has 1 unspecified atom stereocenters. The maximum Gasteiger partial charge on any atom is 0.317 e. The van der Waals surface area contributed by atoms with Gasteiger partial charge >= 0.3 is 5.97 Å². The van der Waals surface area contributed by atoms with E-state index in [0.29, 0.717) is 10.6 Å². The molecule has 0 saturated heterocycles. The van der Waals surface area contributed by atoms with Gasteiger partial charge in [-0.25, -0.2) is 0 Å². The Labute approximate surface area is 142 Å². The second-order valence-corrected chi connectivity index (χ2v) is 6.60. The number of hydrogen-bond acceptors (Lipinski definition) is 3. The molecule has 0 radical (unpaired) electrons. The van der Waals surface area contributed by atoms with Crippen LogP contribution in [-0.2, 0) is 4.79 Å².